The smallest absolute Gasteiger partial charge is 0.275 e. The van der Waals surface area contributed by atoms with Gasteiger partial charge in [-0.3, -0.25) is 4.79 Å². The van der Waals surface area contributed by atoms with Crippen LogP contribution in [0.15, 0.2) is 28.9 Å². The van der Waals surface area contributed by atoms with E-state index in [9.17, 15) is 4.79 Å². The van der Waals surface area contributed by atoms with E-state index in [1.165, 1.54) is 5.56 Å². The van der Waals surface area contributed by atoms with E-state index in [2.05, 4.69) is 31.1 Å². The van der Waals surface area contributed by atoms with Crippen LogP contribution in [0.25, 0.3) is 6.08 Å². The second-order valence-corrected chi connectivity index (χ2v) is 5.57. The Labute approximate surface area is 125 Å². The van der Waals surface area contributed by atoms with Crippen molar-refractivity contribution >= 4 is 17.8 Å². The third-order valence-corrected chi connectivity index (χ3v) is 3.34. The molecule has 0 unspecified atom stereocenters. The number of aryl methyl sites for hydroxylation is 1. The molecule has 0 radical (unpaired) electrons. The van der Waals surface area contributed by atoms with Crippen LogP contribution in [0, 0.1) is 5.92 Å². The zero-order valence-electron chi connectivity index (χ0n) is 13.1. The van der Waals surface area contributed by atoms with Gasteiger partial charge in [0.25, 0.3) is 5.91 Å². The highest BCUT2D eigenvalue weighted by molar-refractivity contribution is 6.14. The molecule has 0 spiro atoms. The maximum atomic E-state index is 12.0. The Morgan fingerprint density at radius 2 is 2.14 bits per heavy atom. The fourth-order valence-corrected chi connectivity index (χ4v) is 2.26. The van der Waals surface area contributed by atoms with Crippen LogP contribution in [0.3, 0.4) is 0 Å². The van der Waals surface area contributed by atoms with Crippen LogP contribution in [0.5, 0.6) is 5.75 Å². The molecule has 21 heavy (non-hydrogen) atoms. The summed E-state index contributed by atoms with van der Waals surface area (Å²) in [6, 6.07) is 5.99. The maximum absolute atomic E-state index is 12.0. The monoisotopic (exact) mass is 286 g/mol. The van der Waals surface area contributed by atoms with Gasteiger partial charge in [-0.25, -0.2) is 4.99 Å². The Balaban J connectivity index is 2.34. The Morgan fingerprint density at radius 3 is 2.76 bits per heavy atom. The Morgan fingerprint density at radius 1 is 1.38 bits per heavy atom. The van der Waals surface area contributed by atoms with E-state index in [0.29, 0.717) is 11.6 Å². The van der Waals surface area contributed by atoms with Crippen LogP contribution >= 0.6 is 0 Å². The van der Waals surface area contributed by atoms with E-state index >= 15 is 0 Å². The fraction of sp³-hybridized carbons (Fsp3) is 0.412. The van der Waals surface area contributed by atoms with E-state index < -0.39 is 0 Å². The molecule has 1 N–H and O–H groups in total. The number of carbonyl (C=O) groups is 1. The number of nitrogens with one attached hydrogen (secondary N) is 1. The average Bonchev–Trinajstić information content (AvgIpc) is 2.77. The minimum atomic E-state index is -0.144. The first-order valence-corrected chi connectivity index (χ1v) is 7.31. The first-order chi connectivity index (χ1) is 10.0. The molecular formula is C17H22N2O2. The first kappa shape index (κ1) is 15.3. The van der Waals surface area contributed by atoms with Gasteiger partial charge in [0.2, 0.25) is 0 Å². The molecule has 1 aromatic rings. The molecular weight excluding hydrogens is 264 g/mol. The highest BCUT2D eigenvalue weighted by atomic mass is 16.5. The van der Waals surface area contributed by atoms with Gasteiger partial charge in [-0.05, 0) is 36.1 Å². The van der Waals surface area contributed by atoms with Crippen molar-refractivity contribution in [2.75, 3.05) is 7.11 Å². The first-order valence-electron chi connectivity index (χ1n) is 7.31. The molecule has 1 aliphatic heterocycles. The van der Waals surface area contributed by atoms with Gasteiger partial charge in [0, 0.05) is 12.0 Å². The number of rotatable bonds is 5. The molecule has 4 heteroatoms. The number of hydrogen-bond acceptors (Lipinski definition) is 3. The topological polar surface area (TPSA) is 50.7 Å². The van der Waals surface area contributed by atoms with Gasteiger partial charge in [0.05, 0.1) is 7.11 Å². The van der Waals surface area contributed by atoms with Gasteiger partial charge in [0.15, 0.2) is 0 Å². The minimum absolute atomic E-state index is 0.144. The summed E-state index contributed by atoms with van der Waals surface area (Å²) in [5.74, 6) is 1.81. The number of amidine groups is 1. The van der Waals surface area contributed by atoms with Gasteiger partial charge in [0.1, 0.15) is 17.3 Å². The molecule has 1 amide bonds. The van der Waals surface area contributed by atoms with E-state index in [0.717, 1.165) is 30.0 Å². The zero-order chi connectivity index (χ0) is 15.4. The minimum Gasteiger partial charge on any atom is -0.496 e. The van der Waals surface area contributed by atoms with Crippen molar-refractivity contribution in [1.29, 1.82) is 0 Å². The molecule has 1 aliphatic rings. The van der Waals surface area contributed by atoms with Crippen molar-refractivity contribution in [2.24, 2.45) is 10.9 Å². The predicted molar refractivity (Wildman–Crippen MR) is 85.4 cm³/mol. The van der Waals surface area contributed by atoms with Crippen molar-refractivity contribution in [1.82, 2.24) is 5.32 Å². The maximum Gasteiger partial charge on any atom is 0.275 e. The van der Waals surface area contributed by atoms with Crippen LogP contribution in [-0.4, -0.2) is 18.9 Å². The lowest BCUT2D eigenvalue weighted by Gasteiger charge is -2.07. The molecule has 1 aromatic carbocycles. The lowest BCUT2D eigenvalue weighted by molar-refractivity contribution is -0.115. The largest absolute Gasteiger partial charge is 0.496 e. The normalized spacial score (nSPS) is 16.3. The summed E-state index contributed by atoms with van der Waals surface area (Å²) < 4.78 is 5.36. The summed E-state index contributed by atoms with van der Waals surface area (Å²) >= 11 is 0. The van der Waals surface area contributed by atoms with Crippen LogP contribution in [0.4, 0.5) is 0 Å². The number of benzene rings is 1. The lowest BCUT2D eigenvalue weighted by Crippen LogP contribution is -2.24. The molecule has 112 valence electrons. The summed E-state index contributed by atoms with van der Waals surface area (Å²) in [5, 5.41) is 2.82. The van der Waals surface area contributed by atoms with Gasteiger partial charge in [-0.2, -0.15) is 0 Å². The molecule has 0 aromatic heterocycles. The molecule has 0 saturated heterocycles. The quantitative estimate of drug-likeness (QED) is 0.845. The van der Waals surface area contributed by atoms with E-state index in [1.807, 2.05) is 18.2 Å². The molecule has 2 rings (SSSR count). The Bertz CT molecular complexity index is 601. The van der Waals surface area contributed by atoms with Crippen LogP contribution < -0.4 is 10.1 Å². The van der Waals surface area contributed by atoms with Crippen LogP contribution in [-0.2, 0) is 11.2 Å². The molecule has 0 fully saturated rings. The molecule has 0 aliphatic carbocycles. The number of nitrogens with zero attached hydrogens (tertiary/aromatic N) is 1. The van der Waals surface area contributed by atoms with Crippen molar-refractivity contribution in [3.63, 3.8) is 0 Å². The van der Waals surface area contributed by atoms with Gasteiger partial charge < -0.3 is 10.1 Å². The number of carbonyl (C=O) groups excluding carboxylic acids is 1. The second kappa shape index (κ2) is 6.57. The lowest BCUT2D eigenvalue weighted by atomic mass is 10.1. The average molecular weight is 286 g/mol. The summed E-state index contributed by atoms with van der Waals surface area (Å²) in [6.45, 7) is 6.30. The SMILES string of the molecule is CCc1ccc(OC)c(/C=C2/N=C(CC(C)C)NC2=O)c1. The third kappa shape index (κ3) is 3.72. The summed E-state index contributed by atoms with van der Waals surface area (Å²) in [5.41, 5.74) is 2.53. The van der Waals surface area contributed by atoms with Crippen LogP contribution in [0.2, 0.25) is 0 Å². The molecule has 1 heterocycles. The Hall–Kier alpha value is -2.10. The van der Waals surface area contributed by atoms with E-state index in [-0.39, 0.29) is 5.91 Å². The van der Waals surface area contributed by atoms with Crippen molar-refractivity contribution in [3.05, 3.63) is 35.0 Å². The molecule has 4 nitrogen and oxygen atoms in total. The second-order valence-electron chi connectivity index (χ2n) is 5.57. The highest BCUT2D eigenvalue weighted by Crippen LogP contribution is 2.24. The number of methoxy groups -OCH3 is 1. The standard InChI is InChI=1S/C17H22N2O2/c1-5-12-6-7-15(21-4)13(9-12)10-14-17(20)19-16(18-14)8-11(2)3/h6-7,9-11H,5,8H2,1-4H3,(H,18,19,20)/b14-10+. The van der Waals surface area contributed by atoms with Crippen molar-refractivity contribution in [3.8, 4) is 5.75 Å². The van der Waals surface area contributed by atoms with Gasteiger partial charge in [-0.1, -0.05) is 26.8 Å². The summed E-state index contributed by atoms with van der Waals surface area (Å²) in [6.07, 6.45) is 3.50. The summed E-state index contributed by atoms with van der Waals surface area (Å²) in [4.78, 5) is 16.4. The van der Waals surface area contributed by atoms with E-state index in [4.69, 9.17) is 4.74 Å². The van der Waals surface area contributed by atoms with Crippen molar-refractivity contribution < 1.29 is 9.53 Å². The molecule has 0 atom stereocenters. The number of amides is 1. The zero-order valence-corrected chi connectivity index (χ0v) is 13.1. The molecule has 0 saturated carbocycles. The fourth-order valence-electron chi connectivity index (χ4n) is 2.26. The van der Waals surface area contributed by atoms with E-state index in [1.54, 1.807) is 13.2 Å². The van der Waals surface area contributed by atoms with Crippen LogP contribution in [0.1, 0.15) is 38.3 Å². The van der Waals surface area contributed by atoms with Crippen molar-refractivity contribution in [2.45, 2.75) is 33.6 Å². The number of aliphatic imine (C=N–C) groups is 1. The Kier molecular flexibility index (Phi) is 4.78. The molecule has 0 bridgehead atoms. The predicted octanol–water partition coefficient (Wildman–Crippen LogP) is 3.17. The highest BCUT2D eigenvalue weighted by Gasteiger charge is 2.20. The summed E-state index contributed by atoms with van der Waals surface area (Å²) in [7, 11) is 1.63. The number of ether oxygens (including phenoxy) is 1. The van der Waals surface area contributed by atoms with Gasteiger partial charge >= 0.3 is 0 Å². The third-order valence-electron chi connectivity index (χ3n) is 3.34. The number of hydrogen-bond donors (Lipinski definition) is 1. The van der Waals surface area contributed by atoms with Gasteiger partial charge in [-0.15, -0.1) is 0 Å².